The molecule has 0 unspecified atom stereocenters. The lowest BCUT2D eigenvalue weighted by Gasteiger charge is -2.21. The number of nitrogens with zero attached hydrogens (tertiary/aromatic N) is 3. The van der Waals surface area contributed by atoms with Gasteiger partial charge in [-0.1, -0.05) is 0 Å². The Morgan fingerprint density at radius 1 is 1.29 bits per heavy atom. The van der Waals surface area contributed by atoms with Crippen LogP contribution in [0.25, 0.3) is 10.2 Å². The minimum Gasteiger partial charge on any atom is -0.383 e. The van der Waals surface area contributed by atoms with E-state index in [0.717, 1.165) is 0 Å². The van der Waals surface area contributed by atoms with Crippen LogP contribution >= 0.6 is 11.3 Å². The van der Waals surface area contributed by atoms with Crippen molar-refractivity contribution in [1.82, 2.24) is 14.5 Å². The number of hydrogen-bond donors (Lipinski definition) is 0. The van der Waals surface area contributed by atoms with E-state index in [1.807, 2.05) is 6.92 Å². The number of aromatic nitrogens is 2. The molecule has 0 aromatic carbocycles. The molecule has 0 aliphatic carbocycles. The molecule has 0 radical (unpaired) electrons. The highest BCUT2D eigenvalue weighted by molar-refractivity contribution is 7.20. The predicted molar refractivity (Wildman–Crippen MR) is 93.9 cm³/mol. The van der Waals surface area contributed by atoms with Crippen LogP contribution in [0.4, 0.5) is 0 Å². The normalized spacial score (nSPS) is 11.2. The Labute approximate surface area is 144 Å². The maximum atomic E-state index is 12.9. The number of carbonyl (C=O) groups excluding carboxylic acids is 1. The van der Waals surface area contributed by atoms with Crippen LogP contribution in [-0.4, -0.2) is 60.9 Å². The van der Waals surface area contributed by atoms with E-state index in [-0.39, 0.29) is 11.5 Å². The molecule has 2 rings (SSSR count). The maximum Gasteiger partial charge on any atom is 0.264 e. The summed E-state index contributed by atoms with van der Waals surface area (Å²) in [5, 5.41) is 0.533. The fourth-order valence-corrected chi connectivity index (χ4v) is 3.56. The first-order chi connectivity index (χ1) is 11.5. The van der Waals surface area contributed by atoms with Crippen LogP contribution < -0.4 is 5.56 Å². The van der Waals surface area contributed by atoms with Gasteiger partial charge in [0.1, 0.15) is 4.83 Å². The molecule has 0 fully saturated rings. The molecule has 2 heterocycles. The Kier molecular flexibility index (Phi) is 6.47. The zero-order valence-electron chi connectivity index (χ0n) is 14.5. The lowest BCUT2D eigenvalue weighted by atomic mass is 10.2. The van der Waals surface area contributed by atoms with Gasteiger partial charge in [-0.05, 0) is 19.4 Å². The number of hydrogen-bond acceptors (Lipinski definition) is 6. The summed E-state index contributed by atoms with van der Waals surface area (Å²) >= 11 is 1.26. The summed E-state index contributed by atoms with van der Waals surface area (Å²) < 4.78 is 11.7. The molecular formula is C16H23N3O4S. The van der Waals surface area contributed by atoms with E-state index in [1.165, 1.54) is 17.7 Å². The first-order valence-electron chi connectivity index (χ1n) is 7.80. The first kappa shape index (κ1) is 18.6. The van der Waals surface area contributed by atoms with Gasteiger partial charge in [0.2, 0.25) is 0 Å². The Hall–Kier alpha value is -1.77. The van der Waals surface area contributed by atoms with Crippen molar-refractivity contribution in [3.63, 3.8) is 0 Å². The first-order valence-corrected chi connectivity index (χ1v) is 8.62. The molecule has 0 atom stereocenters. The van der Waals surface area contributed by atoms with Gasteiger partial charge >= 0.3 is 0 Å². The van der Waals surface area contributed by atoms with Crippen LogP contribution in [0, 0.1) is 6.92 Å². The van der Waals surface area contributed by atoms with Crippen molar-refractivity contribution in [2.75, 3.05) is 40.5 Å². The third kappa shape index (κ3) is 3.66. The molecule has 8 heteroatoms. The summed E-state index contributed by atoms with van der Waals surface area (Å²) in [6.07, 6.45) is 1.53. The number of ether oxygens (including phenoxy) is 2. The average Bonchev–Trinajstić information content (AvgIpc) is 2.92. The quantitative estimate of drug-likeness (QED) is 0.719. The topological polar surface area (TPSA) is 73.7 Å². The lowest BCUT2D eigenvalue weighted by Crippen LogP contribution is -2.36. The molecule has 0 bridgehead atoms. The third-order valence-corrected chi connectivity index (χ3v) is 5.06. The van der Waals surface area contributed by atoms with Crippen LogP contribution in [0.5, 0.6) is 0 Å². The van der Waals surface area contributed by atoms with Gasteiger partial charge in [-0.15, -0.1) is 11.3 Å². The standard InChI is InChI=1S/C16H23N3O4S/c1-5-18-10-17-14-12(15(18)20)11(2)13(24-14)16(21)19(6-8-22-3)7-9-23-4/h10H,5-9H2,1-4H3. The second-order valence-electron chi connectivity index (χ2n) is 5.35. The fourth-order valence-electron chi connectivity index (χ4n) is 2.45. The molecule has 7 nitrogen and oxygen atoms in total. The van der Waals surface area contributed by atoms with Gasteiger partial charge in [-0.3, -0.25) is 14.2 Å². The van der Waals surface area contributed by atoms with Crippen LogP contribution in [0.3, 0.4) is 0 Å². The zero-order valence-corrected chi connectivity index (χ0v) is 15.3. The molecular weight excluding hydrogens is 330 g/mol. The van der Waals surface area contributed by atoms with Crippen LogP contribution in [0.15, 0.2) is 11.1 Å². The monoisotopic (exact) mass is 353 g/mol. The van der Waals surface area contributed by atoms with Gasteiger partial charge in [0.15, 0.2) is 0 Å². The van der Waals surface area contributed by atoms with E-state index >= 15 is 0 Å². The third-order valence-electron chi connectivity index (χ3n) is 3.87. The summed E-state index contributed by atoms with van der Waals surface area (Å²) in [5.41, 5.74) is 0.593. The van der Waals surface area contributed by atoms with Gasteiger partial charge in [0, 0.05) is 33.9 Å². The number of thiophene rings is 1. The van der Waals surface area contributed by atoms with E-state index in [1.54, 1.807) is 30.6 Å². The molecule has 24 heavy (non-hydrogen) atoms. The fraction of sp³-hybridized carbons (Fsp3) is 0.562. The molecule has 0 aliphatic rings. The highest BCUT2D eigenvalue weighted by atomic mass is 32.1. The minimum atomic E-state index is -0.118. The van der Waals surface area contributed by atoms with Crippen LogP contribution in [0.1, 0.15) is 22.2 Å². The second kappa shape index (κ2) is 8.36. The molecule has 0 aliphatic heterocycles. The molecule has 0 spiro atoms. The van der Waals surface area contributed by atoms with Gasteiger partial charge in [-0.25, -0.2) is 4.98 Å². The van der Waals surface area contributed by atoms with E-state index in [0.29, 0.717) is 53.5 Å². The Morgan fingerprint density at radius 2 is 1.92 bits per heavy atom. The molecule has 132 valence electrons. The zero-order chi connectivity index (χ0) is 17.7. The Morgan fingerprint density at radius 3 is 2.46 bits per heavy atom. The van der Waals surface area contributed by atoms with Crippen LogP contribution in [0.2, 0.25) is 0 Å². The smallest absolute Gasteiger partial charge is 0.264 e. The Bertz CT molecular complexity index is 761. The van der Waals surface area contributed by atoms with E-state index in [9.17, 15) is 9.59 Å². The maximum absolute atomic E-state index is 12.9. The largest absolute Gasteiger partial charge is 0.383 e. The van der Waals surface area contributed by atoms with Crippen molar-refractivity contribution < 1.29 is 14.3 Å². The predicted octanol–water partition coefficient (Wildman–Crippen LogP) is 1.52. The number of aryl methyl sites for hydroxylation is 2. The van der Waals surface area contributed by atoms with Crippen molar-refractivity contribution in [3.8, 4) is 0 Å². The van der Waals surface area contributed by atoms with Gasteiger partial charge < -0.3 is 14.4 Å². The van der Waals surface area contributed by atoms with Crippen molar-refractivity contribution in [1.29, 1.82) is 0 Å². The number of methoxy groups -OCH3 is 2. The molecule has 0 saturated heterocycles. The molecule has 1 amide bonds. The van der Waals surface area contributed by atoms with Gasteiger partial charge in [0.05, 0.1) is 29.8 Å². The highest BCUT2D eigenvalue weighted by Gasteiger charge is 2.23. The Balaban J connectivity index is 2.42. The molecule has 2 aromatic rings. The molecule has 0 saturated carbocycles. The molecule has 0 N–H and O–H groups in total. The van der Waals surface area contributed by atoms with Crippen molar-refractivity contribution in [2.24, 2.45) is 0 Å². The summed E-state index contributed by atoms with van der Waals surface area (Å²) in [7, 11) is 3.20. The molecule has 2 aromatic heterocycles. The summed E-state index contributed by atoms with van der Waals surface area (Å²) in [6.45, 7) is 6.08. The highest BCUT2D eigenvalue weighted by Crippen LogP contribution is 2.28. The SMILES string of the molecule is CCn1cnc2sc(C(=O)N(CCOC)CCOC)c(C)c2c1=O. The van der Waals surface area contributed by atoms with Crippen molar-refractivity contribution in [2.45, 2.75) is 20.4 Å². The summed E-state index contributed by atoms with van der Waals surface area (Å²) in [4.78, 5) is 32.6. The van der Waals surface area contributed by atoms with Gasteiger partial charge in [-0.2, -0.15) is 0 Å². The van der Waals surface area contributed by atoms with E-state index in [2.05, 4.69) is 4.98 Å². The number of carbonyl (C=O) groups is 1. The number of fused-ring (bicyclic) bond motifs is 1. The second-order valence-corrected chi connectivity index (χ2v) is 6.35. The number of amides is 1. The summed E-state index contributed by atoms with van der Waals surface area (Å²) in [5.74, 6) is -0.118. The van der Waals surface area contributed by atoms with Crippen molar-refractivity contribution >= 4 is 27.5 Å². The van der Waals surface area contributed by atoms with Crippen LogP contribution in [-0.2, 0) is 16.0 Å². The minimum absolute atomic E-state index is 0.101. The number of rotatable bonds is 8. The van der Waals surface area contributed by atoms with E-state index in [4.69, 9.17) is 9.47 Å². The average molecular weight is 353 g/mol. The van der Waals surface area contributed by atoms with Crippen molar-refractivity contribution in [3.05, 3.63) is 27.1 Å². The lowest BCUT2D eigenvalue weighted by molar-refractivity contribution is 0.0631. The van der Waals surface area contributed by atoms with Gasteiger partial charge in [0.25, 0.3) is 11.5 Å². The summed E-state index contributed by atoms with van der Waals surface area (Å²) in [6, 6.07) is 0. The van der Waals surface area contributed by atoms with E-state index < -0.39 is 0 Å².